The van der Waals surface area contributed by atoms with Gasteiger partial charge in [-0.1, -0.05) is 97.1 Å². The van der Waals surface area contributed by atoms with E-state index in [0.29, 0.717) is 18.7 Å². The van der Waals surface area contributed by atoms with Gasteiger partial charge in [0.05, 0.1) is 35.9 Å². The third kappa shape index (κ3) is 7.27. The van der Waals surface area contributed by atoms with Crippen molar-refractivity contribution in [2.24, 2.45) is 0 Å². The summed E-state index contributed by atoms with van der Waals surface area (Å²) in [7, 11) is 5.44. The number of halogens is 1. The number of carbonyl (C=O) groups excluding carboxylic acids is 2. The SMILES string of the molecule is CN[C@@H](C(=O)N1CCC[C@H]1c1ncc(-c2ccc(-c3ccc(-c4cnc([C@@H]5CCCN5C(=O)[C@@H](c5ccccc5F)N(C)C)[nH]4)cc3)cc2)[nH]1)c1ccccc1. The standard InChI is InChI=1S/C45H47FN8O2/c1-47-40(33-11-5-4-6-12-33)44(55)53-25-9-15-38(53)42-48-27-36(50-42)31-21-17-29(18-22-31)30-19-23-32(24-20-30)37-28-49-43(51-37)39-16-10-26-54(39)45(56)41(52(2)3)34-13-7-8-14-35(34)46/h4-8,11-14,17-24,27-28,38-41,47H,9-10,15-16,25-26H2,1-3H3,(H,48,50)(H,49,51)/t38-,39-,40+,41+/m0/s1. The molecule has 2 fully saturated rings. The summed E-state index contributed by atoms with van der Waals surface area (Å²) < 4.78 is 14.8. The molecule has 11 heteroatoms. The van der Waals surface area contributed by atoms with Crippen LogP contribution in [0.5, 0.6) is 0 Å². The van der Waals surface area contributed by atoms with Gasteiger partial charge in [0.1, 0.15) is 29.5 Å². The minimum atomic E-state index is -0.721. The lowest BCUT2D eigenvalue weighted by atomic mass is 10.0. The highest BCUT2D eigenvalue weighted by atomic mass is 19.1. The second-order valence-corrected chi connectivity index (χ2v) is 14.9. The van der Waals surface area contributed by atoms with E-state index < -0.39 is 12.1 Å². The number of rotatable bonds is 11. The summed E-state index contributed by atoms with van der Waals surface area (Å²) in [5, 5.41) is 3.21. The maximum Gasteiger partial charge on any atom is 0.245 e. The molecule has 2 aliphatic heterocycles. The number of nitrogens with one attached hydrogen (secondary N) is 3. The van der Waals surface area contributed by atoms with Gasteiger partial charge in [-0.05, 0) is 80.7 Å². The number of imidazole rings is 2. The first-order valence-electron chi connectivity index (χ1n) is 19.4. The van der Waals surface area contributed by atoms with Crippen LogP contribution in [0.4, 0.5) is 4.39 Å². The molecule has 10 nitrogen and oxygen atoms in total. The Labute approximate surface area is 326 Å². The van der Waals surface area contributed by atoms with Crippen molar-refractivity contribution in [1.29, 1.82) is 0 Å². The lowest BCUT2D eigenvalue weighted by Gasteiger charge is -2.31. The number of hydrogen-bond acceptors (Lipinski definition) is 6. The highest BCUT2D eigenvalue weighted by Crippen LogP contribution is 2.37. The summed E-state index contributed by atoms with van der Waals surface area (Å²) in [5.74, 6) is 1.10. The van der Waals surface area contributed by atoms with Crippen molar-refractivity contribution in [2.75, 3.05) is 34.2 Å². The number of benzene rings is 4. The first kappa shape index (κ1) is 37.0. The van der Waals surface area contributed by atoms with Gasteiger partial charge in [0.2, 0.25) is 11.8 Å². The van der Waals surface area contributed by atoms with Gasteiger partial charge in [-0.3, -0.25) is 14.5 Å². The van der Waals surface area contributed by atoms with Crippen LogP contribution in [-0.4, -0.2) is 80.7 Å². The molecular weight excluding hydrogens is 704 g/mol. The van der Waals surface area contributed by atoms with Crippen LogP contribution < -0.4 is 5.32 Å². The largest absolute Gasteiger partial charge is 0.340 e. The van der Waals surface area contributed by atoms with Gasteiger partial charge in [0, 0.05) is 18.7 Å². The predicted molar refractivity (Wildman–Crippen MR) is 215 cm³/mol. The number of carbonyl (C=O) groups is 2. The van der Waals surface area contributed by atoms with Crippen LogP contribution in [0, 0.1) is 5.82 Å². The molecule has 0 radical (unpaired) electrons. The molecule has 4 aromatic carbocycles. The van der Waals surface area contributed by atoms with Crippen molar-refractivity contribution >= 4 is 11.8 Å². The minimum Gasteiger partial charge on any atom is -0.340 e. The summed E-state index contributed by atoms with van der Waals surface area (Å²) >= 11 is 0. The first-order chi connectivity index (χ1) is 27.3. The van der Waals surface area contributed by atoms with Crippen LogP contribution >= 0.6 is 0 Å². The van der Waals surface area contributed by atoms with Crippen molar-refractivity contribution in [2.45, 2.75) is 49.9 Å². The van der Waals surface area contributed by atoms with E-state index in [0.717, 1.165) is 76.5 Å². The van der Waals surface area contributed by atoms with Crippen molar-refractivity contribution in [3.8, 4) is 33.6 Å². The van der Waals surface area contributed by atoms with E-state index in [1.165, 1.54) is 6.07 Å². The van der Waals surface area contributed by atoms with Gasteiger partial charge in [0.25, 0.3) is 0 Å². The zero-order chi connectivity index (χ0) is 38.8. The molecule has 2 saturated heterocycles. The number of likely N-dealkylation sites (tertiary alicyclic amines) is 2. The highest BCUT2D eigenvalue weighted by Gasteiger charge is 2.38. The predicted octanol–water partition coefficient (Wildman–Crippen LogP) is 7.86. The van der Waals surface area contributed by atoms with Gasteiger partial charge >= 0.3 is 0 Å². The maximum atomic E-state index is 14.8. The summed E-state index contributed by atoms with van der Waals surface area (Å²) in [6.07, 6.45) is 7.12. The molecule has 4 atom stereocenters. The molecule has 0 unspecified atom stereocenters. The number of H-pyrrole nitrogens is 2. The molecule has 6 aromatic rings. The summed E-state index contributed by atoms with van der Waals surface area (Å²) in [4.78, 5) is 49.6. The van der Waals surface area contributed by atoms with E-state index >= 15 is 0 Å². The van der Waals surface area contributed by atoms with Crippen LogP contribution in [0.3, 0.4) is 0 Å². The summed E-state index contributed by atoms with van der Waals surface area (Å²) in [6, 6.07) is 31.6. The smallest absolute Gasteiger partial charge is 0.245 e. The molecule has 2 aliphatic rings. The third-order valence-electron chi connectivity index (χ3n) is 11.2. The first-order valence-corrected chi connectivity index (χ1v) is 19.4. The third-order valence-corrected chi connectivity index (χ3v) is 11.2. The average Bonchev–Trinajstić information content (AvgIpc) is 4.07. The molecule has 0 bridgehead atoms. The van der Waals surface area contributed by atoms with Crippen LogP contribution in [0.1, 0.15) is 72.6 Å². The molecule has 286 valence electrons. The number of amides is 2. The molecule has 2 amide bonds. The van der Waals surface area contributed by atoms with Crippen molar-refractivity contribution < 1.29 is 14.0 Å². The average molecular weight is 751 g/mol. The Balaban J connectivity index is 0.930. The summed E-state index contributed by atoms with van der Waals surface area (Å²) in [6.45, 7) is 1.30. The zero-order valence-electron chi connectivity index (χ0n) is 32.0. The number of aromatic amines is 2. The van der Waals surface area contributed by atoms with E-state index in [-0.39, 0.29) is 29.7 Å². The van der Waals surface area contributed by atoms with Crippen molar-refractivity contribution in [3.63, 3.8) is 0 Å². The maximum absolute atomic E-state index is 14.8. The Morgan fingerprint density at radius 3 is 1.68 bits per heavy atom. The number of hydrogen-bond donors (Lipinski definition) is 3. The van der Waals surface area contributed by atoms with Gasteiger partial charge in [0.15, 0.2) is 0 Å². The quantitative estimate of drug-likeness (QED) is 0.124. The van der Waals surface area contributed by atoms with Crippen LogP contribution in [-0.2, 0) is 9.59 Å². The van der Waals surface area contributed by atoms with Gasteiger partial charge in [-0.25, -0.2) is 14.4 Å². The molecule has 0 saturated carbocycles. The van der Waals surface area contributed by atoms with E-state index in [1.54, 1.807) is 37.2 Å². The second kappa shape index (κ2) is 16.1. The molecule has 3 N–H and O–H groups in total. The summed E-state index contributed by atoms with van der Waals surface area (Å²) in [5.41, 5.74) is 7.30. The van der Waals surface area contributed by atoms with E-state index in [9.17, 15) is 14.0 Å². The fourth-order valence-electron chi connectivity index (χ4n) is 8.35. The number of likely N-dealkylation sites (N-methyl/N-ethyl adjacent to an activating group) is 2. The van der Waals surface area contributed by atoms with Gasteiger partial charge in [-0.2, -0.15) is 0 Å². The number of nitrogens with zero attached hydrogens (tertiary/aromatic N) is 5. The van der Waals surface area contributed by atoms with Crippen molar-refractivity contribution in [1.82, 2.24) is 40.0 Å². The Hall–Kier alpha value is -5.91. The molecule has 0 spiro atoms. The van der Waals surface area contributed by atoms with Gasteiger partial charge in [-0.15, -0.1) is 0 Å². The fourth-order valence-corrected chi connectivity index (χ4v) is 8.35. The van der Waals surface area contributed by atoms with Crippen molar-refractivity contribution in [3.05, 3.63) is 144 Å². The van der Waals surface area contributed by atoms with Crippen LogP contribution in [0.15, 0.2) is 116 Å². The zero-order valence-corrected chi connectivity index (χ0v) is 32.0. The molecule has 56 heavy (non-hydrogen) atoms. The lowest BCUT2D eigenvalue weighted by molar-refractivity contribution is -0.137. The molecule has 0 aliphatic carbocycles. The number of aromatic nitrogens is 4. The Morgan fingerprint density at radius 1 is 0.696 bits per heavy atom. The molecule has 8 rings (SSSR count). The fraction of sp³-hybridized carbons (Fsp3) is 0.289. The lowest BCUT2D eigenvalue weighted by Crippen LogP contribution is -2.40. The molecule has 4 heterocycles. The van der Waals surface area contributed by atoms with E-state index in [2.05, 4.69) is 63.8 Å². The second-order valence-electron chi connectivity index (χ2n) is 14.9. The minimum absolute atomic E-state index is 0.0612. The highest BCUT2D eigenvalue weighted by molar-refractivity contribution is 5.85. The Morgan fingerprint density at radius 2 is 1.18 bits per heavy atom. The van der Waals surface area contributed by atoms with Gasteiger partial charge < -0.3 is 25.1 Å². The van der Waals surface area contributed by atoms with E-state index in [1.807, 2.05) is 59.6 Å². The molecular formula is C45H47FN8O2. The Kier molecular flexibility index (Phi) is 10.6. The Bertz CT molecular complexity index is 2290. The molecule has 2 aromatic heterocycles. The van der Waals surface area contributed by atoms with E-state index in [4.69, 9.17) is 9.97 Å². The van der Waals surface area contributed by atoms with Crippen LogP contribution in [0.25, 0.3) is 33.6 Å². The topological polar surface area (TPSA) is 113 Å². The normalized spacial score (nSPS) is 18.1. The monoisotopic (exact) mass is 750 g/mol. The van der Waals surface area contributed by atoms with Crippen LogP contribution in [0.2, 0.25) is 0 Å².